The highest BCUT2D eigenvalue weighted by Crippen LogP contribution is 2.19. The van der Waals surface area contributed by atoms with Gasteiger partial charge in [-0.2, -0.15) is 0 Å². The third kappa shape index (κ3) is 2.30. The summed E-state index contributed by atoms with van der Waals surface area (Å²) in [5, 5.41) is 10.6. The van der Waals surface area contributed by atoms with Crippen molar-refractivity contribution in [3.63, 3.8) is 0 Å². The van der Waals surface area contributed by atoms with Gasteiger partial charge >= 0.3 is 0 Å². The van der Waals surface area contributed by atoms with Crippen molar-refractivity contribution in [2.24, 2.45) is 0 Å². The molecule has 1 aromatic carbocycles. The van der Waals surface area contributed by atoms with Crippen LogP contribution in [0.5, 0.6) is 0 Å². The first kappa shape index (κ1) is 9.71. The lowest BCUT2D eigenvalue weighted by Crippen LogP contribution is -2.04. The maximum atomic E-state index is 10.6. The van der Waals surface area contributed by atoms with Gasteiger partial charge in [0.25, 0.3) is 0 Å². The predicted molar refractivity (Wildman–Crippen MR) is 49.4 cm³/mol. The van der Waals surface area contributed by atoms with E-state index in [2.05, 4.69) is 15.9 Å². The molecule has 0 saturated heterocycles. The average molecular weight is 230 g/mol. The Morgan fingerprint density at radius 2 is 2.33 bits per heavy atom. The van der Waals surface area contributed by atoms with Gasteiger partial charge in [-0.3, -0.25) is 0 Å². The zero-order valence-electron chi connectivity index (χ0n) is 6.79. The van der Waals surface area contributed by atoms with Crippen LogP contribution < -0.4 is 0 Å². The molecule has 2 nitrogen and oxygen atoms in total. The zero-order chi connectivity index (χ0) is 8.97. The normalized spacial score (nSPS) is 12.9. The molecule has 1 rings (SSSR count). The van der Waals surface area contributed by atoms with Crippen molar-refractivity contribution in [3.8, 4) is 0 Å². The lowest BCUT2D eigenvalue weighted by molar-refractivity contribution is 0.0194. The standard InChI is InChI=1S/C9H10BrO2/c1-12-9(6-11)7-3-2-4-8(10)5-7/h2-5,9H,6H2,1H3. The smallest absolute Gasteiger partial charge is 0.113 e. The van der Waals surface area contributed by atoms with Crippen LogP contribution >= 0.6 is 15.9 Å². The minimum absolute atomic E-state index is 0.243. The van der Waals surface area contributed by atoms with Gasteiger partial charge in [0, 0.05) is 11.6 Å². The molecule has 0 saturated carbocycles. The summed E-state index contributed by atoms with van der Waals surface area (Å²) < 4.78 is 5.98. The van der Waals surface area contributed by atoms with Gasteiger partial charge < -0.3 is 4.74 Å². The number of methoxy groups -OCH3 is 1. The van der Waals surface area contributed by atoms with E-state index in [1.807, 2.05) is 24.3 Å². The minimum Gasteiger partial charge on any atom is -0.374 e. The monoisotopic (exact) mass is 229 g/mol. The third-order valence-corrected chi connectivity index (χ3v) is 2.15. The van der Waals surface area contributed by atoms with Gasteiger partial charge in [-0.25, -0.2) is 5.11 Å². The average Bonchev–Trinajstić information content (AvgIpc) is 2.07. The fourth-order valence-corrected chi connectivity index (χ4v) is 1.42. The van der Waals surface area contributed by atoms with Gasteiger partial charge in [0.2, 0.25) is 0 Å². The van der Waals surface area contributed by atoms with E-state index in [1.54, 1.807) is 7.11 Å². The van der Waals surface area contributed by atoms with E-state index >= 15 is 0 Å². The van der Waals surface area contributed by atoms with Gasteiger partial charge in [0.15, 0.2) is 0 Å². The van der Waals surface area contributed by atoms with Crippen LogP contribution in [0.25, 0.3) is 0 Å². The molecule has 1 radical (unpaired) electrons. The summed E-state index contributed by atoms with van der Waals surface area (Å²) >= 11 is 3.33. The van der Waals surface area contributed by atoms with E-state index in [1.165, 1.54) is 0 Å². The van der Waals surface area contributed by atoms with Gasteiger partial charge in [-0.15, -0.1) is 0 Å². The molecule has 1 unspecified atom stereocenters. The summed E-state index contributed by atoms with van der Waals surface area (Å²) in [4.78, 5) is 0. The summed E-state index contributed by atoms with van der Waals surface area (Å²) in [6, 6.07) is 7.59. The van der Waals surface area contributed by atoms with Crippen molar-refractivity contribution >= 4 is 15.9 Å². The van der Waals surface area contributed by atoms with Crippen LogP contribution in [0.3, 0.4) is 0 Å². The second-order valence-electron chi connectivity index (χ2n) is 2.45. The number of hydrogen-bond donors (Lipinski definition) is 0. The van der Waals surface area contributed by atoms with E-state index in [4.69, 9.17) is 4.74 Å². The molecule has 1 aromatic rings. The highest BCUT2D eigenvalue weighted by molar-refractivity contribution is 9.10. The second-order valence-corrected chi connectivity index (χ2v) is 3.36. The number of rotatable bonds is 3. The van der Waals surface area contributed by atoms with E-state index < -0.39 is 0 Å². The molecule has 0 aliphatic carbocycles. The van der Waals surface area contributed by atoms with Crippen LogP contribution in [0.1, 0.15) is 11.7 Å². The number of hydrogen-bond acceptors (Lipinski definition) is 1. The number of benzene rings is 1. The van der Waals surface area contributed by atoms with Crippen LogP contribution in [0.4, 0.5) is 0 Å². The van der Waals surface area contributed by atoms with Crippen molar-refractivity contribution in [2.45, 2.75) is 6.10 Å². The molecule has 0 fully saturated rings. The predicted octanol–water partition coefficient (Wildman–Crippen LogP) is 2.57. The molecule has 0 aliphatic heterocycles. The first-order chi connectivity index (χ1) is 5.77. The van der Waals surface area contributed by atoms with E-state index in [0.29, 0.717) is 0 Å². The molecule has 0 N–H and O–H groups in total. The van der Waals surface area contributed by atoms with Gasteiger partial charge in [-0.05, 0) is 17.7 Å². The fraction of sp³-hybridized carbons (Fsp3) is 0.333. The van der Waals surface area contributed by atoms with Crippen molar-refractivity contribution < 1.29 is 9.84 Å². The molecule has 0 spiro atoms. The molecule has 1 atom stereocenters. The van der Waals surface area contributed by atoms with E-state index in [-0.39, 0.29) is 12.7 Å². The highest BCUT2D eigenvalue weighted by Gasteiger charge is 2.08. The molecule has 0 aromatic heterocycles. The Morgan fingerprint density at radius 1 is 1.58 bits per heavy atom. The first-order valence-corrected chi connectivity index (χ1v) is 4.43. The number of ether oxygens (including phenoxy) is 1. The lowest BCUT2D eigenvalue weighted by atomic mass is 10.1. The maximum Gasteiger partial charge on any atom is 0.113 e. The van der Waals surface area contributed by atoms with Gasteiger partial charge in [0.05, 0.1) is 0 Å². The Bertz CT molecular complexity index is 246. The van der Waals surface area contributed by atoms with E-state index in [0.717, 1.165) is 10.0 Å². The van der Waals surface area contributed by atoms with Crippen molar-refractivity contribution in [3.05, 3.63) is 34.3 Å². The molecule has 0 heterocycles. The van der Waals surface area contributed by atoms with Crippen LogP contribution in [0, 0.1) is 0 Å². The summed E-state index contributed by atoms with van der Waals surface area (Å²) in [6.45, 7) is -0.243. The lowest BCUT2D eigenvalue weighted by Gasteiger charge is -2.11. The highest BCUT2D eigenvalue weighted by atomic mass is 79.9. The molecule has 0 amide bonds. The van der Waals surface area contributed by atoms with Crippen LogP contribution in [0.2, 0.25) is 0 Å². The van der Waals surface area contributed by atoms with Crippen molar-refractivity contribution in [1.82, 2.24) is 0 Å². The van der Waals surface area contributed by atoms with Crippen molar-refractivity contribution in [2.75, 3.05) is 13.7 Å². The number of halogens is 1. The second kappa shape index (κ2) is 4.60. The molecular weight excluding hydrogens is 220 g/mol. The summed E-state index contributed by atoms with van der Waals surface area (Å²) in [7, 11) is 1.55. The largest absolute Gasteiger partial charge is 0.374 e. The van der Waals surface area contributed by atoms with E-state index in [9.17, 15) is 5.11 Å². The minimum atomic E-state index is -0.331. The topological polar surface area (TPSA) is 29.1 Å². The van der Waals surface area contributed by atoms with Gasteiger partial charge in [-0.1, -0.05) is 28.1 Å². The zero-order valence-corrected chi connectivity index (χ0v) is 8.37. The fourth-order valence-electron chi connectivity index (χ4n) is 1.01. The quantitative estimate of drug-likeness (QED) is 0.784. The SMILES string of the molecule is COC(C[O])c1cccc(Br)c1. The van der Waals surface area contributed by atoms with Crippen molar-refractivity contribution in [1.29, 1.82) is 0 Å². The molecular formula is C9H10BrO2. The van der Waals surface area contributed by atoms with Crippen LogP contribution in [-0.4, -0.2) is 13.7 Å². The molecule has 0 bridgehead atoms. The first-order valence-electron chi connectivity index (χ1n) is 3.64. The maximum absolute atomic E-state index is 10.6. The molecule has 65 valence electrons. The molecule has 12 heavy (non-hydrogen) atoms. The Morgan fingerprint density at radius 3 is 2.83 bits per heavy atom. The Kier molecular flexibility index (Phi) is 3.72. The Balaban J connectivity index is 2.85. The molecule has 0 aliphatic rings. The summed E-state index contributed by atoms with van der Waals surface area (Å²) in [6.07, 6.45) is -0.331. The van der Waals surface area contributed by atoms with Gasteiger partial charge in [0.1, 0.15) is 12.7 Å². The Labute approximate surface area is 80.3 Å². The van der Waals surface area contributed by atoms with Crippen LogP contribution in [-0.2, 0) is 9.84 Å². The van der Waals surface area contributed by atoms with Crippen LogP contribution in [0.15, 0.2) is 28.7 Å². The third-order valence-electron chi connectivity index (χ3n) is 1.66. The molecule has 3 heteroatoms. The summed E-state index contributed by atoms with van der Waals surface area (Å²) in [5.74, 6) is 0. The summed E-state index contributed by atoms with van der Waals surface area (Å²) in [5.41, 5.74) is 0.918. The Hall–Kier alpha value is -0.380.